The van der Waals surface area contributed by atoms with Gasteiger partial charge in [-0.15, -0.1) is 10.2 Å². The first-order valence-corrected chi connectivity index (χ1v) is 18.7. The van der Waals surface area contributed by atoms with Gasteiger partial charge in [-0.1, -0.05) is 126 Å². The zero-order chi connectivity index (χ0) is 36.8. The number of amides is 2. The highest BCUT2D eigenvalue weighted by Crippen LogP contribution is 2.40. The Morgan fingerprint density at radius 2 is 1.12 bits per heavy atom. The minimum Gasteiger partial charge on any atom is -0.483 e. The number of carbonyl (C=O) groups is 2. The second-order valence-corrected chi connectivity index (χ2v) is 16.6. The lowest BCUT2D eigenvalue weighted by molar-refractivity contribution is -0.123. The first-order valence-electron chi connectivity index (χ1n) is 17.9. The van der Waals surface area contributed by atoms with Gasteiger partial charge in [0.05, 0.1) is 0 Å². The molecule has 3 aromatic rings. The molecule has 270 valence electrons. The number of carbonyl (C=O) groups excluding carboxylic acids is 2. The number of nitrogens with zero attached hydrogens (tertiary/aromatic N) is 2. The van der Waals surface area contributed by atoms with E-state index in [1.165, 1.54) is 11.1 Å². The summed E-state index contributed by atoms with van der Waals surface area (Å²) in [5, 5.41) is 14.3. The van der Waals surface area contributed by atoms with Gasteiger partial charge in [-0.2, -0.15) is 0 Å². The molecule has 0 bridgehead atoms. The van der Waals surface area contributed by atoms with Gasteiger partial charge >= 0.3 is 0 Å². The Morgan fingerprint density at radius 1 is 0.673 bits per heavy atom. The fourth-order valence-electron chi connectivity index (χ4n) is 5.26. The maximum absolute atomic E-state index is 13.4. The van der Waals surface area contributed by atoms with E-state index in [0.29, 0.717) is 17.9 Å². The summed E-state index contributed by atoms with van der Waals surface area (Å²) < 4.78 is 12.5. The van der Waals surface area contributed by atoms with Crippen molar-refractivity contribution in [1.82, 2.24) is 10.2 Å². The standard InChI is InChI=1S/C40H60N4O4S/c1-14-30(48-32-22-20-27(38(8,9)16-3)24-29(32)40(12,13)18-5)34(46)42-36-44-43-35(49-36)41-33(45)25-47-31-21-19-26(37(6,7)15-2)23-28(31)39(10,11)17-4/h19-24,30H,14-18,25H2,1-13H3,(H,41,43,45)(H,42,44,46). The molecule has 0 saturated heterocycles. The van der Waals surface area contributed by atoms with E-state index in [2.05, 4.69) is 128 Å². The van der Waals surface area contributed by atoms with Crippen LogP contribution in [0, 0.1) is 0 Å². The zero-order valence-corrected chi connectivity index (χ0v) is 33.0. The Kier molecular flexibility index (Phi) is 13.1. The number of anilines is 2. The largest absolute Gasteiger partial charge is 0.483 e. The van der Waals surface area contributed by atoms with Crippen LogP contribution in [0.2, 0.25) is 0 Å². The van der Waals surface area contributed by atoms with Crippen molar-refractivity contribution in [2.45, 2.75) is 150 Å². The summed E-state index contributed by atoms with van der Waals surface area (Å²) in [4.78, 5) is 26.3. The molecule has 9 heteroatoms. The molecule has 0 fully saturated rings. The van der Waals surface area contributed by atoms with Crippen molar-refractivity contribution in [3.63, 3.8) is 0 Å². The number of benzene rings is 2. The van der Waals surface area contributed by atoms with Crippen LogP contribution in [-0.2, 0) is 31.2 Å². The van der Waals surface area contributed by atoms with E-state index in [1.54, 1.807) is 0 Å². The summed E-state index contributed by atoms with van der Waals surface area (Å²) in [7, 11) is 0. The highest BCUT2D eigenvalue weighted by Gasteiger charge is 2.30. The molecule has 49 heavy (non-hydrogen) atoms. The first kappa shape index (κ1) is 40.0. The Hall–Kier alpha value is -3.46. The molecule has 2 N–H and O–H groups in total. The molecule has 0 aliphatic heterocycles. The van der Waals surface area contributed by atoms with Gasteiger partial charge in [0.25, 0.3) is 11.8 Å². The Bertz CT molecular complexity index is 1590. The predicted molar refractivity (Wildman–Crippen MR) is 204 cm³/mol. The molecular weight excluding hydrogens is 633 g/mol. The van der Waals surface area contributed by atoms with E-state index in [1.807, 2.05) is 19.1 Å². The van der Waals surface area contributed by atoms with Gasteiger partial charge in [-0.25, -0.2) is 0 Å². The number of hydrogen-bond acceptors (Lipinski definition) is 7. The van der Waals surface area contributed by atoms with Gasteiger partial charge < -0.3 is 9.47 Å². The van der Waals surface area contributed by atoms with Crippen LogP contribution in [0.5, 0.6) is 11.5 Å². The van der Waals surface area contributed by atoms with Gasteiger partial charge in [0.1, 0.15) is 11.5 Å². The summed E-state index contributed by atoms with van der Waals surface area (Å²) in [5.41, 5.74) is 4.49. The molecule has 2 aromatic carbocycles. The predicted octanol–water partition coefficient (Wildman–Crippen LogP) is 10.1. The number of hydrogen-bond donors (Lipinski definition) is 2. The fourth-order valence-corrected chi connectivity index (χ4v) is 5.92. The Balaban J connectivity index is 1.69. The molecule has 1 unspecified atom stereocenters. The lowest BCUT2D eigenvalue weighted by Gasteiger charge is -2.31. The second-order valence-electron chi connectivity index (χ2n) is 15.6. The van der Waals surface area contributed by atoms with Crippen LogP contribution in [0.4, 0.5) is 10.3 Å². The lowest BCUT2D eigenvalue weighted by Crippen LogP contribution is -2.33. The molecule has 0 saturated carbocycles. The third-order valence-corrected chi connectivity index (χ3v) is 11.5. The molecule has 1 aromatic heterocycles. The van der Waals surface area contributed by atoms with Crippen LogP contribution >= 0.6 is 11.3 Å². The van der Waals surface area contributed by atoms with Crippen molar-refractivity contribution >= 4 is 33.4 Å². The van der Waals surface area contributed by atoms with Crippen molar-refractivity contribution in [2.24, 2.45) is 0 Å². The third kappa shape index (κ3) is 9.83. The molecule has 1 atom stereocenters. The Morgan fingerprint density at radius 3 is 1.59 bits per heavy atom. The van der Waals surface area contributed by atoms with E-state index in [9.17, 15) is 9.59 Å². The smallest absolute Gasteiger partial charge is 0.267 e. The van der Waals surface area contributed by atoms with Crippen LogP contribution in [0.1, 0.15) is 144 Å². The molecule has 1 heterocycles. The summed E-state index contributed by atoms with van der Waals surface area (Å²) >= 11 is 1.08. The fraction of sp³-hybridized carbons (Fsp3) is 0.600. The van der Waals surface area contributed by atoms with Gasteiger partial charge in [0, 0.05) is 11.1 Å². The number of aromatic nitrogens is 2. The first-order chi connectivity index (χ1) is 22.8. The maximum Gasteiger partial charge on any atom is 0.267 e. The zero-order valence-electron chi connectivity index (χ0n) is 32.2. The van der Waals surface area contributed by atoms with Crippen molar-refractivity contribution in [1.29, 1.82) is 0 Å². The molecule has 0 aliphatic carbocycles. The van der Waals surface area contributed by atoms with Gasteiger partial charge in [-0.05, 0) is 77.0 Å². The maximum atomic E-state index is 13.4. The van der Waals surface area contributed by atoms with Crippen LogP contribution in [0.3, 0.4) is 0 Å². The van der Waals surface area contributed by atoms with E-state index < -0.39 is 6.10 Å². The molecule has 0 spiro atoms. The van der Waals surface area contributed by atoms with Crippen LogP contribution in [0.15, 0.2) is 36.4 Å². The number of ether oxygens (including phenoxy) is 2. The van der Waals surface area contributed by atoms with Gasteiger partial charge in [0.15, 0.2) is 12.7 Å². The minimum atomic E-state index is -0.734. The van der Waals surface area contributed by atoms with E-state index in [-0.39, 0.29) is 50.3 Å². The molecule has 0 radical (unpaired) electrons. The summed E-state index contributed by atoms with van der Waals surface area (Å²) in [6.45, 7) is 28.2. The highest BCUT2D eigenvalue weighted by atomic mass is 32.1. The topological polar surface area (TPSA) is 102 Å². The van der Waals surface area contributed by atoms with Crippen molar-refractivity contribution in [3.05, 3.63) is 58.7 Å². The number of nitrogens with one attached hydrogen (secondary N) is 2. The highest BCUT2D eigenvalue weighted by molar-refractivity contribution is 7.19. The van der Waals surface area contributed by atoms with Gasteiger partial charge in [0.2, 0.25) is 10.3 Å². The molecule has 2 amide bonds. The average Bonchev–Trinajstić information content (AvgIpc) is 3.51. The van der Waals surface area contributed by atoms with E-state index in [4.69, 9.17) is 9.47 Å². The van der Waals surface area contributed by atoms with Crippen molar-refractivity contribution in [2.75, 3.05) is 17.2 Å². The average molecular weight is 693 g/mol. The van der Waals surface area contributed by atoms with E-state index in [0.717, 1.165) is 48.1 Å². The number of rotatable bonds is 17. The lowest BCUT2D eigenvalue weighted by atomic mass is 9.76. The normalized spacial score (nSPS) is 13.2. The summed E-state index contributed by atoms with van der Waals surface area (Å²) in [6.07, 6.45) is 3.61. The molecular formula is C40H60N4O4S. The van der Waals surface area contributed by atoms with Gasteiger partial charge in [-0.3, -0.25) is 20.2 Å². The quantitative estimate of drug-likeness (QED) is 0.146. The van der Waals surface area contributed by atoms with Crippen LogP contribution in [-0.4, -0.2) is 34.7 Å². The van der Waals surface area contributed by atoms with Crippen molar-refractivity contribution < 1.29 is 19.1 Å². The molecule has 8 nitrogen and oxygen atoms in total. The molecule has 3 rings (SSSR count). The second kappa shape index (κ2) is 16.0. The van der Waals surface area contributed by atoms with Crippen LogP contribution in [0.25, 0.3) is 0 Å². The minimum absolute atomic E-state index is 0.0297. The summed E-state index contributed by atoms with van der Waals surface area (Å²) in [6, 6.07) is 12.6. The van der Waals surface area contributed by atoms with E-state index >= 15 is 0 Å². The Labute approximate surface area is 299 Å². The summed E-state index contributed by atoms with van der Waals surface area (Å²) in [5.74, 6) is 0.730. The molecule has 0 aliphatic rings. The SMILES string of the molecule is CCC(Oc1ccc(C(C)(C)CC)cc1C(C)(C)CC)C(=O)Nc1nnc(NC(=O)COc2ccc(C(C)(C)CC)cc2C(C)(C)CC)s1. The van der Waals surface area contributed by atoms with Crippen molar-refractivity contribution in [3.8, 4) is 11.5 Å². The monoisotopic (exact) mass is 692 g/mol. The van der Waals surface area contributed by atoms with Crippen LogP contribution < -0.4 is 20.1 Å². The third-order valence-electron chi connectivity index (χ3n) is 10.7.